The molecule has 0 radical (unpaired) electrons. The van der Waals surface area contributed by atoms with Crippen LogP contribution in [0, 0.1) is 0 Å². The first-order valence-electron chi connectivity index (χ1n) is 5.25. The molecule has 1 aromatic heterocycles. The highest BCUT2D eigenvalue weighted by molar-refractivity contribution is 4.84. The van der Waals surface area contributed by atoms with E-state index in [0.717, 1.165) is 13.1 Å². The van der Waals surface area contributed by atoms with Crippen molar-refractivity contribution in [3.63, 3.8) is 0 Å². The standard InChI is InChI=1S/C11H19N3O/c1-4-5-12-6-7-13-8-9-14(10(2)3)11(13)15/h4,8-10,12H,1,5-7H2,2-3H3. The van der Waals surface area contributed by atoms with Crippen molar-refractivity contribution < 1.29 is 0 Å². The average Bonchev–Trinajstić information content (AvgIpc) is 2.55. The monoisotopic (exact) mass is 209 g/mol. The molecule has 0 spiro atoms. The molecule has 4 nitrogen and oxygen atoms in total. The third-order valence-corrected chi connectivity index (χ3v) is 2.25. The summed E-state index contributed by atoms with van der Waals surface area (Å²) in [5.41, 5.74) is 0.0606. The Balaban J connectivity index is 2.55. The van der Waals surface area contributed by atoms with Crippen LogP contribution in [0.3, 0.4) is 0 Å². The fourth-order valence-corrected chi connectivity index (χ4v) is 1.39. The van der Waals surface area contributed by atoms with Gasteiger partial charge < -0.3 is 5.32 Å². The molecule has 0 amide bonds. The second kappa shape index (κ2) is 5.56. The molecule has 0 saturated carbocycles. The average molecular weight is 209 g/mol. The summed E-state index contributed by atoms with van der Waals surface area (Å²) in [7, 11) is 0. The topological polar surface area (TPSA) is 39.0 Å². The molecule has 0 atom stereocenters. The van der Waals surface area contributed by atoms with Gasteiger partial charge in [0.05, 0.1) is 0 Å². The molecular weight excluding hydrogens is 190 g/mol. The summed E-state index contributed by atoms with van der Waals surface area (Å²) in [6, 6.07) is 0.222. The van der Waals surface area contributed by atoms with Crippen molar-refractivity contribution in [3.8, 4) is 0 Å². The molecule has 0 fully saturated rings. The van der Waals surface area contributed by atoms with Crippen LogP contribution in [-0.2, 0) is 6.54 Å². The van der Waals surface area contributed by atoms with Gasteiger partial charge in [0.15, 0.2) is 0 Å². The molecule has 0 bridgehead atoms. The molecule has 0 aliphatic carbocycles. The Labute approximate surface area is 90.2 Å². The van der Waals surface area contributed by atoms with Gasteiger partial charge in [-0.05, 0) is 13.8 Å². The van der Waals surface area contributed by atoms with Gasteiger partial charge in [-0.3, -0.25) is 9.13 Å². The molecule has 15 heavy (non-hydrogen) atoms. The minimum absolute atomic E-state index is 0.0606. The van der Waals surface area contributed by atoms with E-state index in [1.54, 1.807) is 9.13 Å². The SMILES string of the molecule is C=CCNCCn1ccn(C(C)C)c1=O. The molecule has 84 valence electrons. The van der Waals surface area contributed by atoms with Crippen molar-refractivity contribution in [1.29, 1.82) is 0 Å². The molecule has 0 aliphatic heterocycles. The van der Waals surface area contributed by atoms with Gasteiger partial charge in [0.1, 0.15) is 0 Å². The number of hydrogen-bond acceptors (Lipinski definition) is 2. The van der Waals surface area contributed by atoms with Crippen molar-refractivity contribution in [2.75, 3.05) is 13.1 Å². The third kappa shape index (κ3) is 3.09. The number of imidazole rings is 1. The van der Waals surface area contributed by atoms with Crippen molar-refractivity contribution in [2.24, 2.45) is 0 Å². The highest BCUT2D eigenvalue weighted by Crippen LogP contribution is 1.98. The predicted octanol–water partition coefficient (Wildman–Crippen LogP) is 1.01. The van der Waals surface area contributed by atoms with Crippen LogP contribution >= 0.6 is 0 Å². The highest BCUT2D eigenvalue weighted by Gasteiger charge is 2.04. The third-order valence-electron chi connectivity index (χ3n) is 2.25. The molecule has 1 heterocycles. The molecule has 1 aromatic rings. The van der Waals surface area contributed by atoms with Gasteiger partial charge >= 0.3 is 5.69 Å². The van der Waals surface area contributed by atoms with Gasteiger partial charge in [-0.2, -0.15) is 0 Å². The Hall–Kier alpha value is -1.29. The van der Waals surface area contributed by atoms with Gasteiger partial charge in [-0.25, -0.2) is 4.79 Å². The second-order valence-electron chi connectivity index (χ2n) is 3.77. The zero-order valence-electron chi connectivity index (χ0n) is 9.44. The fraction of sp³-hybridized carbons (Fsp3) is 0.545. The summed E-state index contributed by atoms with van der Waals surface area (Å²) in [5, 5.41) is 3.16. The summed E-state index contributed by atoms with van der Waals surface area (Å²) in [6.45, 7) is 9.88. The minimum atomic E-state index is 0.0606. The Morgan fingerprint density at radius 2 is 2.27 bits per heavy atom. The maximum atomic E-state index is 11.8. The number of hydrogen-bond donors (Lipinski definition) is 1. The largest absolute Gasteiger partial charge is 0.328 e. The maximum absolute atomic E-state index is 11.8. The molecule has 0 unspecified atom stereocenters. The Kier molecular flexibility index (Phi) is 4.37. The first-order chi connectivity index (χ1) is 7.16. The summed E-state index contributed by atoms with van der Waals surface area (Å²) in [4.78, 5) is 11.8. The lowest BCUT2D eigenvalue weighted by Gasteiger charge is -2.05. The molecule has 1 N–H and O–H groups in total. The summed E-state index contributed by atoms with van der Waals surface area (Å²) in [6.07, 6.45) is 5.47. The molecule has 0 aliphatic rings. The van der Waals surface area contributed by atoms with Gasteiger partial charge in [0.2, 0.25) is 0 Å². The van der Waals surface area contributed by atoms with Gasteiger partial charge in [-0.15, -0.1) is 6.58 Å². The van der Waals surface area contributed by atoms with E-state index in [2.05, 4.69) is 11.9 Å². The lowest BCUT2D eigenvalue weighted by atomic mass is 10.4. The van der Waals surface area contributed by atoms with E-state index in [4.69, 9.17) is 0 Å². The van der Waals surface area contributed by atoms with Crippen LogP contribution < -0.4 is 11.0 Å². The Morgan fingerprint density at radius 1 is 1.53 bits per heavy atom. The van der Waals surface area contributed by atoms with Crippen LogP contribution in [0.4, 0.5) is 0 Å². The first kappa shape index (κ1) is 11.8. The zero-order chi connectivity index (χ0) is 11.3. The normalized spacial score (nSPS) is 10.9. The number of aromatic nitrogens is 2. The fourth-order valence-electron chi connectivity index (χ4n) is 1.39. The van der Waals surface area contributed by atoms with Crippen LogP contribution in [0.15, 0.2) is 29.8 Å². The molecule has 0 saturated heterocycles. The smallest absolute Gasteiger partial charge is 0.312 e. The van der Waals surface area contributed by atoms with Crippen molar-refractivity contribution in [2.45, 2.75) is 26.4 Å². The predicted molar refractivity (Wildman–Crippen MR) is 62.1 cm³/mol. The van der Waals surface area contributed by atoms with Crippen LogP contribution in [0.1, 0.15) is 19.9 Å². The number of nitrogens with zero attached hydrogens (tertiary/aromatic N) is 2. The van der Waals surface area contributed by atoms with Crippen LogP contribution in [0.2, 0.25) is 0 Å². The zero-order valence-corrected chi connectivity index (χ0v) is 9.44. The molecular formula is C11H19N3O. The Morgan fingerprint density at radius 3 is 2.80 bits per heavy atom. The van der Waals surface area contributed by atoms with E-state index in [1.807, 2.05) is 32.3 Å². The number of rotatable bonds is 6. The van der Waals surface area contributed by atoms with E-state index in [1.165, 1.54) is 0 Å². The second-order valence-corrected chi connectivity index (χ2v) is 3.77. The molecule has 4 heteroatoms. The lowest BCUT2D eigenvalue weighted by Crippen LogP contribution is -2.29. The van der Waals surface area contributed by atoms with Gasteiger partial charge in [0.25, 0.3) is 0 Å². The molecule has 1 rings (SSSR count). The lowest BCUT2D eigenvalue weighted by molar-refractivity contribution is 0.541. The summed E-state index contributed by atoms with van der Waals surface area (Å²) in [5.74, 6) is 0. The van der Waals surface area contributed by atoms with E-state index in [-0.39, 0.29) is 11.7 Å². The van der Waals surface area contributed by atoms with Crippen molar-refractivity contribution >= 4 is 0 Å². The van der Waals surface area contributed by atoms with E-state index in [9.17, 15) is 4.79 Å². The summed E-state index contributed by atoms with van der Waals surface area (Å²) < 4.78 is 3.45. The van der Waals surface area contributed by atoms with E-state index >= 15 is 0 Å². The van der Waals surface area contributed by atoms with Crippen LogP contribution in [-0.4, -0.2) is 22.2 Å². The van der Waals surface area contributed by atoms with Crippen LogP contribution in [0.5, 0.6) is 0 Å². The summed E-state index contributed by atoms with van der Waals surface area (Å²) >= 11 is 0. The first-order valence-corrected chi connectivity index (χ1v) is 5.25. The van der Waals surface area contributed by atoms with Crippen LogP contribution in [0.25, 0.3) is 0 Å². The number of nitrogens with one attached hydrogen (secondary N) is 1. The minimum Gasteiger partial charge on any atom is -0.312 e. The molecule has 0 aromatic carbocycles. The highest BCUT2D eigenvalue weighted by atomic mass is 16.1. The Bertz CT molecular complexity index is 362. The van der Waals surface area contributed by atoms with E-state index < -0.39 is 0 Å². The quantitative estimate of drug-likeness (QED) is 0.561. The maximum Gasteiger partial charge on any atom is 0.328 e. The van der Waals surface area contributed by atoms with Gasteiger partial charge in [-0.1, -0.05) is 6.08 Å². The van der Waals surface area contributed by atoms with E-state index in [0.29, 0.717) is 6.54 Å². The van der Waals surface area contributed by atoms with Crippen molar-refractivity contribution in [3.05, 3.63) is 35.5 Å². The van der Waals surface area contributed by atoms with Gasteiger partial charge in [0, 0.05) is 38.1 Å². The van der Waals surface area contributed by atoms with Crippen molar-refractivity contribution in [1.82, 2.24) is 14.5 Å².